The number of nitrogens with two attached hydrogens (primary N) is 2. The summed E-state index contributed by atoms with van der Waals surface area (Å²) in [7, 11) is 0. The molecule has 172 valence electrons. The van der Waals surface area contributed by atoms with Gasteiger partial charge in [-0.2, -0.15) is 0 Å². The molecule has 1 heterocycles. The third-order valence-electron chi connectivity index (χ3n) is 5.18. The van der Waals surface area contributed by atoms with Crippen molar-refractivity contribution in [2.45, 2.75) is 56.7 Å². The number of guanidine groups is 1. The third-order valence-corrected chi connectivity index (χ3v) is 5.18. The number of rotatable bonds is 6. The SMILES string of the molecule is NC(N)=NCCC[C@@H]1NC(=O)[C@H]2CC[C@H](C2)NC(=O)[C@@H](CC(=O)O)NC(=O)CNC1=O. The normalized spacial score (nSPS) is 27.2. The number of nitrogens with zero attached hydrogens (tertiary/aromatic N) is 1. The molecule has 13 nitrogen and oxygen atoms in total. The second-order valence-electron chi connectivity index (χ2n) is 7.66. The molecule has 0 spiro atoms. The highest BCUT2D eigenvalue weighted by Gasteiger charge is 2.35. The number of hydrogen-bond acceptors (Lipinski definition) is 6. The van der Waals surface area contributed by atoms with E-state index in [1.165, 1.54) is 0 Å². The van der Waals surface area contributed by atoms with Gasteiger partial charge in [-0.1, -0.05) is 0 Å². The van der Waals surface area contributed by atoms with Gasteiger partial charge >= 0.3 is 5.97 Å². The van der Waals surface area contributed by atoms with Crippen molar-refractivity contribution in [2.75, 3.05) is 13.1 Å². The standard InChI is InChI=1S/C18H29N7O6/c19-18(20)21-5-1-2-11-16(30)22-8-13(26)24-12(7-14(27)28)17(31)23-10-4-3-9(6-10)15(29)25-11/h9-12H,1-8H2,(H,22,30)(H,23,31)(H,24,26)(H,25,29)(H,27,28)(H4,19,20,21)/t9-,10+,11-,12+/m0/s1. The number of nitrogens with one attached hydrogen (secondary N) is 4. The summed E-state index contributed by atoms with van der Waals surface area (Å²) in [5, 5.41) is 19.2. The topological polar surface area (TPSA) is 218 Å². The molecule has 4 amide bonds. The molecule has 0 unspecified atom stereocenters. The predicted molar refractivity (Wildman–Crippen MR) is 108 cm³/mol. The van der Waals surface area contributed by atoms with Crippen molar-refractivity contribution in [2.24, 2.45) is 22.4 Å². The van der Waals surface area contributed by atoms with Gasteiger partial charge < -0.3 is 37.8 Å². The summed E-state index contributed by atoms with van der Waals surface area (Å²) in [6.07, 6.45) is 1.47. The third kappa shape index (κ3) is 7.75. The largest absolute Gasteiger partial charge is 0.481 e. The van der Waals surface area contributed by atoms with Gasteiger partial charge in [0, 0.05) is 18.5 Å². The Hall–Kier alpha value is -3.38. The number of aliphatic imine (C=N–C) groups is 1. The number of amides is 4. The van der Waals surface area contributed by atoms with Crippen molar-refractivity contribution in [3.05, 3.63) is 0 Å². The smallest absolute Gasteiger partial charge is 0.305 e. The number of carboxylic acids is 1. The molecule has 2 fully saturated rings. The van der Waals surface area contributed by atoms with E-state index in [1.807, 2.05) is 0 Å². The van der Waals surface area contributed by atoms with Crippen LogP contribution in [0.2, 0.25) is 0 Å². The molecule has 31 heavy (non-hydrogen) atoms. The average molecular weight is 439 g/mol. The summed E-state index contributed by atoms with van der Waals surface area (Å²) in [5.74, 6) is -3.97. The monoisotopic (exact) mass is 439 g/mol. The van der Waals surface area contributed by atoms with E-state index < -0.39 is 54.7 Å². The van der Waals surface area contributed by atoms with Crippen LogP contribution in [0.25, 0.3) is 0 Å². The molecular formula is C18H29N7O6. The zero-order valence-corrected chi connectivity index (χ0v) is 17.1. The van der Waals surface area contributed by atoms with Crippen LogP contribution in [-0.4, -0.2) is 71.9 Å². The van der Waals surface area contributed by atoms with Crippen molar-refractivity contribution in [1.29, 1.82) is 0 Å². The van der Waals surface area contributed by atoms with Crippen LogP contribution in [0.1, 0.15) is 38.5 Å². The van der Waals surface area contributed by atoms with Crippen molar-refractivity contribution in [3.63, 3.8) is 0 Å². The highest BCUT2D eigenvalue weighted by atomic mass is 16.4. The summed E-state index contributed by atoms with van der Waals surface area (Å²) in [6, 6.07) is -2.50. The zero-order valence-electron chi connectivity index (χ0n) is 17.1. The second kappa shape index (κ2) is 11.1. The molecule has 0 radical (unpaired) electrons. The van der Waals surface area contributed by atoms with E-state index in [-0.39, 0.29) is 30.9 Å². The van der Waals surface area contributed by atoms with Gasteiger partial charge in [0.1, 0.15) is 12.1 Å². The highest BCUT2D eigenvalue weighted by Crippen LogP contribution is 2.26. The van der Waals surface area contributed by atoms with Gasteiger partial charge in [0.15, 0.2) is 5.96 Å². The lowest BCUT2D eigenvalue weighted by Gasteiger charge is -2.23. The molecule has 13 heteroatoms. The number of carboxylic acid groups (broad SMARTS) is 1. The molecule has 0 aromatic heterocycles. The Morgan fingerprint density at radius 2 is 1.74 bits per heavy atom. The minimum atomic E-state index is -1.28. The van der Waals surface area contributed by atoms with Gasteiger partial charge in [0.25, 0.3) is 0 Å². The van der Waals surface area contributed by atoms with Crippen LogP contribution in [0.5, 0.6) is 0 Å². The highest BCUT2D eigenvalue weighted by molar-refractivity contribution is 5.94. The van der Waals surface area contributed by atoms with Crippen LogP contribution in [0, 0.1) is 5.92 Å². The van der Waals surface area contributed by atoms with E-state index in [0.29, 0.717) is 25.7 Å². The molecule has 2 rings (SSSR count). The fourth-order valence-electron chi connectivity index (χ4n) is 3.63. The molecule has 1 saturated heterocycles. The van der Waals surface area contributed by atoms with E-state index in [4.69, 9.17) is 16.6 Å². The van der Waals surface area contributed by atoms with Crippen molar-refractivity contribution in [3.8, 4) is 0 Å². The van der Waals surface area contributed by atoms with Crippen molar-refractivity contribution in [1.82, 2.24) is 21.3 Å². The Kier molecular flexibility index (Phi) is 8.58. The second-order valence-corrected chi connectivity index (χ2v) is 7.66. The molecule has 0 aromatic rings. The van der Waals surface area contributed by atoms with Gasteiger partial charge in [-0.25, -0.2) is 0 Å². The molecule has 1 aliphatic heterocycles. The lowest BCUT2D eigenvalue weighted by atomic mass is 10.0. The van der Waals surface area contributed by atoms with Crippen LogP contribution < -0.4 is 32.7 Å². The Morgan fingerprint density at radius 3 is 2.42 bits per heavy atom. The van der Waals surface area contributed by atoms with Gasteiger partial charge in [-0.05, 0) is 32.1 Å². The van der Waals surface area contributed by atoms with E-state index in [2.05, 4.69) is 26.3 Å². The van der Waals surface area contributed by atoms with Crippen molar-refractivity contribution < 1.29 is 29.1 Å². The molecule has 1 saturated carbocycles. The molecule has 0 aromatic carbocycles. The van der Waals surface area contributed by atoms with Crippen LogP contribution in [0.4, 0.5) is 0 Å². The van der Waals surface area contributed by atoms with Crippen LogP contribution in [-0.2, 0) is 24.0 Å². The molecule has 2 aliphatic rings. The first-order valence-corrected chi connectivity index (χ1v) is 10.1. The summed E-state index contributed by atoms with van der Waals surface area (Å²) in [5.41, 5.74) is 10.6. The Morgan fingerprint density at radius 1 is 1.00 bits per heavy atom. The number of carbonyl (C=O) groups excluding carboxylic acids is 4. The van der Waals surface area contributed by atoms with E-state index in [9.17, 15) is 24.0 Å². The number of aliphatic carboxylic acids is 1. The number of fused-ring (bicyclic) bond motifs is 2. The fraction of sp³-hybridized carbons (Fsp3) is 0.667. The first-order chi connectivity index (χ1) is 14.7. The quantitative estimate of drug-likeness (QED) is 0.127. The van der Waals surface area contributed by atoms with Gasteiger partial charge in [-0.15, -0.1) is 0 Å². The lowest BCUT2D eigenvalue weighted by Crippen LogP contribution is -2.54. The minimum Gasteiger partial charge on any atom is -0.481 e. The summed E-state index contributed by atoms with van der Waals surface area (Å²) < 4.78 is 0. The first-order valence-electron chi connectivity index (χ1n) is 10.1. The fourth-order valence-corrected chi connectivity index (χ4v) is 3.63. The number of carbonyl (C=O) groups is 5. The zero-order chi connectivity index (χ0) is 23.0. The van der Waals surface area contributed by atoms with Crippen LogP contribution >= 0.6 is 0 Å². The molecule has 1 aliphatic carbocycles. The van der Waals surface area contributed by atoms with Gasteiger partial charge in [-0.3, -0.25) is 29.0 Å². The molecular weight excluding hydrogens is 410 g/mol. The minimum absolute atomic E-state index is 0.0777. The van der Waals surface area contributed by atoms with E-state index >= 15 is 0 Å². The predicted octanol–water partition coefficient (Wildman–Crippen LogP) is -3.10. The maximum atomic E-state index is 12.7. The molecule has 4 atom stereocenters. The average Bonchev–Trinajstić information content (AvgIpc) is 3.15. The van der Waals surface area contributed by atoms with E-state index in [1.54, 1.807) is 0 Å². The maximum Gasteiger partial charge on any atom is 0.305 e. The summed E-state index contributed by atoms with van der Waals surface area (Å²) >= 11 is 0. The van der Waals surface area contributed by atoms with Gasteiger partial charge in [0.2, 0.25) is 23.6 Å². The van der Waals surface area contributed by atoms with Crippen molar-refractivity contribution >= 4 is 35.6 Å². The number of hydrogen-bond donors (Lipinski definition) is 7. The Bertz CT molecular complexity index is 752. The van der Waals surface area contributed by atoms with Crippen LogP contribution in [0.3, 0.4) is 0 Å². The van der Waals surface area contributed by atoms with E-state index in [0.717, 1.165) is 0 Å². The van der Waals surface area contributed by atoms with Crippen LogP contribution in [0.15, 0.2) is 4.99 Å². The van der Waals surface area contributed by atoms with Gasteiger partial charge in [0.05, 0.1) is 13.0 Å². The molecule has 2 bridgehead atoms. The lowest BCUT2D eigenvalue weighted by molar-refractivity contribution is -0.141. The Labute approximate surface area is 178 Å². The molecule has 9 N–H and O–H groups in total. The summed E-state index contributed by atoms with van der Waals surface area (Å²) in [4.78, 5) is 64.8. The summed E-state index contributed by atoms with van der Waals surface area (Å²) in [6.45, 7) is -0.202. The Balaban J connectivity index is 2.13. The maximum absolute atomic E-state index is 12.7. The first kappa shape index (κ1) is 23.9.